The Hall–Kier alpha value is -1.04. The summed E-state index contributed by atoms with van der Waals surface area (Å²) in [6.07, 6.45) is -0.205. The molecule has 1 saturated carbocycles. The Kier molecular flexibility index (Phi) is 4.66. The Labute approximate surface area is 130 Å². The topological polar surface area (TPSA) is 29.1 Å². The quantitative estimate of drug-likeness (QED) is 0.819. The number of benzene rings is 1. The first-order chi connectivity index (χ1) is 9.77. The molecule has 0 spiro atoms. The van der Waals surface area contributed by atoms with Gasteiger partial charge in [-0.15, -0.1) is 0 Å². The zero-order valence-corrected chi connectivity index (χ0v) is 13.3. The fourth-order valence-corrected chi connectivity index (χ4v) is 3.00. The first kappa shape index (κ1) is 16.3. The van der Waals surface area contributed by atoms with Crippen LogP contribution in [0.4, 0.5) is 13.2 Å². The number of hydrogen-bond donors (Lipinski definition) is 1. The Balaban J connectivity index is 2.11. The van der Waals surface area contributed by atoms with E-state index in [0.29, 0.717) is 11.0 Å². The van der Waals surface area contributed by atoms with Gasteiger partial charge in [-0.1, -0.05) is 13.3 Å². The standard InChI is InChI=1S/C15H17BrF3NO/c1-2-14(6-3-7-14)9-20-13(21)11-8-10(15(17,18)19)4-5-12(11)16/h4-5,8H,2-3,6-7,9H2,1H3,(H,20,21). The molecule has 0 aromatic heterocycles. The average molecular weight is 364 g/mol. The van der Waals surface area contributed by atoms with Crippen LogP contribution in [0.3, 0.4) is 0 Å². The number of amides is 1. The lowest BCUT2D eigenvalue weighted by molar-refractivity contribution is -0.137. The molecule has 1 N–H and O–H groups in total. The van der Waals surface area contributed by atoms with Crippen LogP contribution in [0.1, 0.15) is 48.5 Å². The Bertz CT molecular complexity index is 533. The molecule has 0 aliphatic heterocycles. The van der Waals surface area contributed by atoms with Gasteiger partial charge >= 0.3 is 6.18 Å². The molecule has 0 saturated heterocycles. The van der Waals surface area contributed by atoms with Crippen LogP contribution < -0.4 is 5.32 Å². The average Bonchev–Trinajstić information content (AvgIpc) is 2.36. The van der Waals surface area contributed by atoms with Gasteiger partial charge in [0.25, 0.3) is 5.91 Å². The number of nitrogens with one attached hydrogen (secondary N) is 1. The summed E-state index contributed by atoms with van der Waals surface area (Å²) in [6.45, 7) is 2.59. The summed E-state index contributed by atoms with van der Waals surface area (Å²) in [4.78, 5) is 12.1. The van der Waals surface area contributed by atoms with Gasteiger partial charge in [0.2, 0.25) is 0 Å². The van der Waals surface area contributed by atoms with Crippen molar-refractivity contribution in [1.29, 1.82) is 0 Å². The largest absolute Gasteiger partial charge is 0.416 e. The molecular formula is C15H17BrF3NO. The van der Waals surface area contributed by atoms with Crippen molar-refractivity contribution in [2.75, 3.05) is 6.54 Å². The van der Waals surface area contributed by atoms with Crippen molar-refractivity contribution < 1.29 is 18.0 Å². The maximum absolute atomic E-state index is 12.7. The monoisotopic (exact) mass is 363 g/mol. The van der Waals surface area contributed by atoms with Gasteiger partial charge in [0.1, 0.15) is 0 Å². The van der Waals surface area contributed by atoms with Crippen LogP contribution in [0.25, 0.3) is 0 Å². The molecule has 0 heterocycles. The molecule has 2 nitrogen and oxygen atoms in total. The number of carbonyl (C=O) groups excluding carboxylic acids is 1. The first-order valence-electron chi connectivity index (χ1n) is 6.92. The summed E-state index contributed by atoms with van der Waals surface area (Å²) >= 11 is 3.14. The SMILES string of the molecule is CCC1(CNC(=O)c2cc(C(F)(F)F)ccc2Br)CCC1. The van der Waals surface area contributed by atoms with Crippen molar-refractivity contribution in [2.24, 2.45) is 5.41 Å². The van der Waals surface area contributed by atoms with Crippen LogP contribution in [0.15, 0.2) is 22.7 Å². The third-order valence-electron chi connectivity index (χ3n) is 4.33. The summed E-state index contributed by atoms with van der Waals surface area (Å²) in [5, 5.41) is 2.78. The minimum atomic E-state index is -4.45. The van der Waals surface area contributed by atoms with Gasteiger partial charge in [-0.05, 0) is 58.8 Å². The fourth-order valence-electron chi connectivity index (χ4n) is 2.57. The van der Waals surface area contributed by atoms with Crippen LogP contribution in [-0.4, -0.2) is 12.5 Å². The predicted octanol–water partition coefficient (Wildman–Crippen LogP) is 4.78. The molecule has 1 fully saturated rings. The lowest BCUT2D eigenvalue weighted by Gasteiger charge is -2.41. The Morgan fingerprint density at radius 2 is 2.05 bits per heavy atom. The Morgan fingerprint density at radius 1 is 1.38 bits per heavy atom. The van der Waals surface area contributed by atoms with Crippen molar-refractivity contribution >= 4 is 21.8 Å². The van der Waals surface area contributed by atoms with Crippen LogP contribution in [0.2, 0.25) is 0 Å². The van der Waals surface area contributed by atoms with Crippen molar-refractivity contribution in [3.8, 4) is 0 Å². The lowest BCUT2D eigenvalue weighted by Crippen LogP contribution is -2.41. The molecule has 1 aliphatic carbocycles. The van der Waals surface area contributed by atoms with Gasteiger partial charge in [-0.2, -0.15) is 13.2 Å². The van der Waals surface area contributed by atoms with Gasteiger partial charge in [0.05, 0.1) is 11.1 Å². The first-order valence-corrected chi connectivity index (χ1v) is 7.72. The third kappa shape index (κ3) is 3.59. The molecule has 6 heteroatoms. The van der Waals surface area contributed by atoms with E-state index >= 15 is 0 Å². The van der Waals surface area contributed by atoms with Crippen LogP contribution in [0.5, 0.6) is 0 Å². The molecule has 0 bridgehead atoms. The number of carbonyl (C=O) groups is 1. The lowest BCUT2D eigenvalue weighted by atomic mass is 9.67. The number of alkyl halides is 3. The predicted molar refractivity (Wildman–Crippen MR) is 78.1 cm³/mol. The molecule has 1 amide bonds. The second-order valence-electron chi connectivity index (χ2n) is 5.58. The normalized spacial score (nSPS) is 17.2. The van der Waals surface area contributed by atoms with E-state index in [-0.39, 0.29) is 11.0 Å². The fraction of sp³-hybridized carbons (Fsp3) is 0.533. The molecule has 21 heavy (non-hydrogen) atoms. The summed E-state index contributed by atoms with van der Waals surface area (Å²) in [5.41, 5.74) is -0.663. The molecule has 0 radical (unpaired) electrons. The van der Waals surface area contributed by atoms with E-state index in [9.17, 15) is 18.0 Å². The second-order valence-corrected chi connectivity index (χ2v) is 6.44. The van der Waals surface area contributed by atoms with Crippen LogP contribution in [0, 0.1) is 5.41 Å². The van der Waals surface area contributed by atoms with Gasteiger partial charge < -0.3 is 5.32 Å². The van der Waals surface area contributed by atoms with Gasteiger partial charge in [-0.3, -0.25) is 4.79 Å². The summed E-state index contributed by atoms with van der Waals surface area (Å²) in [6, 6.07) is 3.11. The Morgan fingerprint density at radius 3 is 2.52 bits per heavy atom. The van der Waals surface area contributed by atoms with Gasteiger partial charge in [0.15, 0.2) is 0 Å². The minimum Gasteiger partial charge on any atom is -0.351 e. The third-order valence-corrected chi connectivity index (χ3v) is 5.02. The van der Waals surface area contributed by atoms with Crippen molar-refractivity contribution in [3.05, 3.63) is 33.8 Å². The van der Waals surface area contributed by atoms with Crippen molar-refractivity contribution in [1.82, 2.24) is 5.32 Å². The van der Waals surface area contributed by atoms with Gasteiger partial charge in [-0.25, -0.2) is 0 Å². The van der Waals surface area contributed by atoms with E-state index in [1.54, 1.807) is 0 Å². The summed E-state index contributed by atoms with van der Waals surface area (Å²) < 4.78 is 38.5. The maximum Gasteiger partial charge on any atom is 0.416 e. The number of rotatable bonds is 4. The molecule has 1 aliphatic rings. The highest BCUT2D eigenvalue weighted by Gasteiger charge is 2.36. The maximum atomic E-state index is 12.7. The molecule has 0 unspecified atom stereocenters. The molecule has 0 atom stereocenters. The summed E-state index contributed by atoms with van der Waals surface area (Å²) in [5.74, 6) is -0.465. The van der Waals surface area contributed by atoms with Crippen molar-refractivity contribution in [3.63, 3.8) is 0 Å². The van der Waals surface area contributed by atoms with Crippen LogP contribution in [-0.2, 0) is 6.18 Å². The van der Waals surface area contributed by atoms with E-state index in [0.717, 1.165) is 37.8 Å². The van der Waals surface area contributed by atoms with Crippen LogP contribution >= 0.6 is 15.9 Å². The van der Waals surface area contributed by atoms with E-state index < -0.39 is 17.6 Å². The molecule has 1 aromatic carbocycles. The molecule has 116 valence electrons. The van der Waals surface area contributed by atoms with E-state index in [1.807, 2.05) is 0 Å². The smallest absolute Gasteiger partial charge is 0.351 e. The molecule has 1 aromatic rings. The molecular weight excluding hydrogens is 347 g/mol. The summed E-state index contributed by atoms with van der Waals surface area (Å²) in [7, 11) is 0. The molecule has 2 rings (SSSR count). The van der Waals surface area contributed by atoms with Crippen molar-refractivity contribution in [2.45, 2.75) is 38.8 Å². The highest BCUT2D eigenvalue weighted by atomic mass is 79.9. The number of hydrogen-bond acceptors (Lipinski definition) is 1. The minimum absolute atomic E-state index is 0.0235. The zero-order valence-electron chi connectivity index (χ0n) is 11.7. The van der Waals surface area contributed by atoms with E-state index in [2.05, 4.69) is 28.2 Å². The number of halogens is 4. The highest BCUT2D eigenvalue weighted by Crippen LogP contribution is 2.43. The highest BCUT2D eigenvalue weighted by molar-refractivity contribution is 9.10. The zero-order chi connectivity index (χ0) is 15.7. The van der Waals surface area contributed by atoms with E-state index in [4.69, 9.17) is 0 Å². The van der Waals surface area contributed by atoms with Gasteiger partial charge in [0, 0.05) is 11.0 Å². The second kappa shape index (κ2) is 5.99. The van der Waals surface area contributed by atoms with E-state index in [1.165, 1.54) is 6.07 Å².